The number of nitrogens with zero attached hydrogens (tertiary/aromatic N) is 4. The van der Waals surface area contributed by atoms with E-state index in [1.807, 2.05) is 11.8 Å². The molecular formula is C15H26N4OS. The highest BCUT2D eigenvalue weighted by molar-refractivity contribution is 7.99. The van der Waals surface area contributed by atoms with Crippen molar-refractivity contribution in [2.45, 2.75) is 57.3 Å². The van der Waals surface area contributed by atoms with E-state index in [4.69, 9.17) is 4.74 Å². The smallest absolute Gasteiger partial charge is 0.228 e. The molecule has 0 radical (unpaired) electrons. The van der Waals surface area contributed by atoms with Crippen LogP contribution in [0.25, 0.3) is 0 Å². The molecule has 0 unspecified atom stereocenters. The minimum absolute atomic E-state index is 0.334. The molecule has 0 aromatic carbocycles. The highest BCUT2D eigenvalue weighted by Crippen LogP contribution is 2.27. The van der Waals surface area contributed by atoms with Crippen molar-refractivity contribution in [1.29, 1.82) is 0 Å². The van der Waals surface area contributed by atoms with E-state index in [0.29, 0.717) is 12.0 Å². The van der Waals surface area contributed by atoms with Crippen LogP contribution < -0.4 is 4.90 Å². The molecule has 2 aliphatic heterocycles. The van der Waals surface area contributed by atoms with E-state index < -0.39 is 0 Å². The molecule has 3 rings (SSSR count). The summed E-state index contributed by atoms with van der Waals surface area (Å²) in [6.07, 6.45) is 5.20. The highest BCUT2D eigenvalue weighted by Gasteiger charge is 2.25. The van der Waals surface area contributed by atoms with Crippen molar-refractivity contribution in [3.05, 3.63) is 0 Å². The van der Waals surface area contributed by atoms with Gasteiger partial charge in [-0.15, -0.1) is 10.2 Å². The molecule has 1 aromatic heterocycles. The maximum atomic E-state index is 5.82. The Morgan fingerprint density at radius 3 is 2.71 bits per heavy atom. The lowest BCUT2D eigenvalue weighted by Crippen LogP contribution is -2.25. The maximum absolute atomic E-state index is 5.82. The molecule has 118 valence electrons. The highest BCUT2D eigenvalue weighted by atomic mass is 32.2. The third-order valence-corrected chi connectivity index (χ3v) is 5.44. The quantitative estimate of drug-likeness (QED) is 0.756. The first-order chi connectivity index (χ1) is 10.2. The van der Waals surface area contributed by atoms with E-state index in [1.54, 1.807) is 0 Å². The minimum atomic E-state index is 0.334. The van der Waals surface area contributed by atoms with Gasteiger partial charge in [0, 0.05) is 25.4 Å². The average Bonchev–Trinajstić information content (AvgIpc) is 3.18. The molecule has 3 heterocycles. The predicted molar refractivity (Wildman–Crippen MR) is 86.0 cm³/mol. The SMILES string of the molecule is CC(C)CSc1nnc(N2CCCC2)n1C[C@H]1CCCO1. The maximum Gasteiger partial charge on any atom is 0.228 e. The molecule has 6 heteroatoms. The number of aromatic nitrogens is 3. The monoisotopic (exact) mass is 310 g/mol. The number of anilines is 1. The summed E-state index contributed by atoms with van der Waals surface area (Å²) in [5.74, 6) is 2.80. The van der Waals surface area contributed by atoms with Crippen molar-refractivity contribution in [2.24, 2.45) is 5.92 Å². The molecule has 2 saturated heterocycles. The molecule has 0 amide bonds. The van der Waals surface area contributed by atoms with Crippen LogP contribution in [0.4, 0.5) is 5.95 Å². The van der Waals surface area contributed by atoms with Crippen LogP contribution in [-0.4, -0.2) is 46.3 Å². The van der Waals surface area contributed by atoms with Crippen LogP contribution in [0, 0.1) is 5.92 Å². The fourth-order valence-corrected chi connectivity index (χ4v) is 3.82. The summed E-state index contributed by atoms with van der Waals surface area (Å²) in [6, 6.07) is 0. The van der Waals surface area contributed by atoms with Crippen molar-refractivity contribution in [2.75, 3.05) is 30.3 Å². The molecule has 5 nitrogen and oxygen atoms in total. The van der Waals surface area contributed by atoms with Gasteiger partial charge in [0.2, 0.25) is 5.95 Å². The molecule has 2 fully saturated rings. The van der Waals surface area contributed by atoms with Gasteiger partial charge < -0.3 is 9.64 Å². The third-order valence-electron chi connectivity index (χ3n) is 4.04. The van der Waals surface area contributed by atoms with E-state index in [0.717, 1.165) is 49.5 Å². The van der Waals surface area contributed by atoms with Crippen LogP contribution in [-0.2, 0) is 11.3 Å². The van der Waals surface area contributed by atoms with Gasteiger partial charge in [0.15, 0.2) is 5.16 Å². The van der Waals surface area contributed by atoms with E-state index in [2.05, 4.69) is 33.5 Å². The summed E-state index contributed by atoms with van der Waals surface area (Å²) in [7, 11) is 0. The Hall–Kier alpha value is -0.750. The van der Waals surface area contributed by atoms with Crippen molar-refractivity contribution in [3.63, 3.8) is 0 Å². The average molecular weight is 310 g/mol. The lowest BCUT2D eigenvalue weighted by molar-refractivity contribution is 0.0952. The van der Waals surface area contributed by atoms with Gasteiger partial charge in [0.25, 0.3) is 0 Å². The number of rotatable bonds is 6. The van der Waals surface area contributed by atoms with Crippen LogP contribution in [0.15, 0.2) is 5.16 Å². The summed E-state index contributed by atoms with van der Waals surface area (Å²) in [5.41, 5.74) is 0. The molecule has 21 heavy (non-hydrogen) atoms. The molecular weight excluding hydrogens is 284 g/mol. The molecule has 0 N–H and O–H groups in total. The number of ether oxygens (including phenoxy) is 1. The van der Waals surface area contributed by atoms with Crippen LogP contribution in [0.5, 0.6) is 0 Å². The van der Waals surface area contributed by atoms with Crippen molar-refractivity contribution in [1.82, 2.24) is 14.8 Å². The third kappa shape index (κ3) is 3.72. The van der Waals surface area contributed by atoms with E-state index in [9.17, 15) is 0 Å². The van der Waals surface area contributed by atoms with Crippen LogP contribution in [0.1, 0.15) is 39.5 Å². The van der Waals surface area contributed by atoms with Crippen LogP contribution >= 0.6 is 11.8 Å². The lowest BCUT2D eigenvalue weighted by atomic mass is 10.2. The molecule has 1 atom stereocenters. The zero-order valence-corrected chi connectivity index (χ0v) is 13.9. The molecule has 0 bridgehead atoms. The first kappa shape index (κ1) is 15.2. The predicted octanol–water partition coefficient (Wildman–Crippen LogP) is 2.81. The van der Waals surface area contributed by atoms with Crippen molar-refractivity contribution in [3.8, 4) is 0 Å². The van der Waals surface area contributed by atoms with Crippen LogP contribution in [0.3, 0.4) is 0 Å². The van der Waals surface area contributed by atoms with Gasteiger partial charge in [-0.2, -0.15) is 0 Å². The fraction of sp³-hybridized carbons (Fsp3) is 0.867. The second kappa shape index (κ2) is 7.01. The standard InChI is InChI=1S/C15H26N4OS/c1-12(2)11-21-15-17-16-14(18-7-3-4-8-18)19(15)10-13-6-5-9-20-13/h12-13H,3-11H2,1-2H3/t13-/m1/s1. The molecule has 0 saturated carbocycles. The fourth-order valence-electron chi connectivity index (χ4n) is 2.93. The van der Waals surface area contributed by atoms with Gasteiger partial charge in [-0.05, 0) is 31.6 Å². The topological polar surface area (TPSA) is 43.2 Å². The van der Waals surface area contributed by atoms with Gasteiger partial charge in [-0.1, -0.05) is 25.6 Å². The lowest BCUT2D eigenvalue weighted by Gasteiger charge is -2.20. The van der Waals surface area contributed by atoms with Gasteiger partial charge in [-0.25, -0.2) is 0 Å². The number of hydrogen-bond donors (Lipinski definition) is 0. The first-order valence-corrected chi connectivity index (χ1v) is 9.15. The van der Waals surface area contributed by atoms with Crippen molar-refractivity contribution < 1.29 is 4.74 Å². The van der Waals surface area contributed by atoms with Crippen LogP contribution in [0.2, 0.25) is 0 Å². The zero-order valence-electron chi connectivity index (χ0n) is 13.1. The summed E-state index contributed by atoms with van der Waals surface area (Å²) in [6.45, 7) is 8.51. The Labute approximate surface area is 131 Å². The Morgan fingerprint density at radius 2 is 2.05 bits per heavy atom. The Morgan fingerprint density at radius 1 is 1.24 bits per heavy atom. The van der Waals surface area contributed by atoms with Gasteiger partial charge in [0.1, 0.15) is 0 Å². The molecule has 1 aromatic rings. The number of thioether (sulfide) groups is 1. The minimum Gasteiger partial charge on any atom is -0.376 e. The molecule has 2 aliphatic rings. The molecule has 0 spiro atoms. The molecule has 0 aliphatic carbocycles. The van der Waals surface area contributed by atoms with E-state index >= 15 is 0 Å². The number of hydrogen-bond acceptors (Lipinski definition) is 5. The van der Waals surface area contributed by atoms with Crippen molar-refractivity contribution >= 4 is 17.7 Å². The summed E-state index contributed by atoms with van der Waals surface area (Å²) >= 11 is 1.83. The first-order valence-electron chi connectivity index (χ1n) is 8.16. The summed E-state index contributed by atoms with van der Waals surface area (Å²) in [5, 5.41) is 9.99. The Balaban J connectivity index is 1.77. The normalized spacial score (nSPS) is 22.6. The Bertz CT molecular complexity index is 451. The summed E-state index contributed by atoms with van der Waals surface area (Å²) < 4.78 is 8.12. The van der Waals surface area contributed by atoms with Gasteiger partial charge in [-0.3, -0.25) is 4.57 Å². The largest absolute Gasteiger partial charge is 0.376 e. The second-order valence-electron chi connectivity index (χ2n) is 6.43. The van der Waals surface area contributed by atoms with E-state index in [1.165, 1.54) is 19.3 Å². The summed E-state index contributed by atoms with van der Waals surface area (Å²) in [4.78, 5) is 2.38. The van der Waals surface area contributed by atoms with Gasteiger partial charge in [0.05, 0.1) is 12.6 Å². The zero-order chi connectivity index (χ0) is 14.7. The van der Waals surface area contributed by atoms with Gasteiger partial charge >= 0.3 is 0 Å². The van der Waals surface area contributed by atoms with E-state index in [-0.39, 0.29) is 0 Å². The Kier molecular flexibility index (Phi) is 5.06. The second-order valence-corrected chi connectivity index (χ2v) is 7.41.